The van der Waals surface area contributed by atoms with Crippen molar-refractivity contribution < 1.29 is 33.8 Å². The number of ether oxygens (including phenoxy) is 1. The van der Waals surface area contributed by atoms with E-state index in [9.17, 15) is 19.7 Å². The molecule has 12 nitrogen and oxygen atoms in total. The molecular weight excluding hydrogens is 333 g/mol. The second kappa shape index (κ2) is 5.76. The van der Waals surface area contributed by atoms with Gasteiger partial charge in [0.25, 0.3) is 7.82 Å². The third kappa shape index (κ3) is 3.05. The Morgan fingerprint density at radius 2 is 2.13 bits per heavy atom. The molecule has 3 rings (SSSR count). The van der Waals surface area contributed by atoms with E-state index < -0.39 is 39.0 Å². The summed E-state index contributed by atoms with van der Waals surface area (Å²) >= 11 is 0. The van der Waals surface area contributed by atoms with Gasteiger partial charge in [0.1, 0.15) is 30.2 Å². The number of nitrogen functional groups attached to an aromatic ring is 1. The molecule has 0 aromatic carbocycles. The molecule has 5 atom stereocenters. The third-order valence-corrected chi connectivity index (χ3v) is 3.88. The normalized spacial score (nSPS) is 30.6. The minimum atomic E-state index is -4.97. The van der Waals surface area contributed by atoms with Crippen LogP contribution in [0.2, 0.25) is 0 Å². The summed E-state index contributed by atoms with van der Waals surface area (Å²) in [5.41, 5.74) is 6.22. The first-order valence-electron chi connectivity index (χ1n) is 6.41. The lowest BCUT2D eigenvalue weighted by Crippen LogP contribution is -2.34. The molecule has 1 saturated heterocycles. The Labute approximate surface area is 128 Å². The lowest BCUT2D eigenvalue weighted by atomic mass is 10.1. The fourth-order valence-corrected chi connectivity index (χ4v) is 2.66. The molecule has 0 bridgehead atoms. The summed E-state index contributed by atoms with van der Waals surface area (Å²) in [5, 5.41) is 20.0. The van der Waals surface area contributed by atoms with E-state index in [1.807, 2.05) is 0 Å². The van der Waals surface area contributed by atoms with E-state index in [1.165, 1.54) is 17.2 Å². The zero-order valence-electron chi connectivity index (χ0n) is 11.5. The maximum atomic E-state index is 10.6. The van der Waals surface area contributed by atoms with Crippen molar-refractivity contribution in [1.29, 1.82) is 0 Å². The first-order valence-corrected chi connectivity index (χ1v) is 7.90. The third-order valence-electron chi connectivity index (χ3n) is 3.40. The Morgan fingerprint density at radius 3 is 2.83 bits per heavy atom. The van der Waals surface area contributed by atoms with Crippen molar-refractivity contribution in [1.82, 2.24) is 19.5 Å². The van der Waals surface area contributed by atoms with Gasteiger partial charge in [0.2, 0.25) is 0 Å². The first kappa shape index (κ1) is 16.2. The highest BCUT2D eigenvalue weighted by molar-refractivity contribution is 7.44. The minimum absolute atomic E-state index is 0.134. The summed E-state index contributed by atoms with van der Waals surface area (Å²) in [6.07, 6.45) is -2.62. The Morgan fingerprint density at radius 1 is 1.39 bits per heavy atom. The zero-order chi connectivity index (χ0) is 16.8. The Bertz CT molecular complexity index is 763. The van der Waals surface area contributed by atoms with Gasteiger partial charge in [0.15, 0.2) is 17.7 Å². The SMILES string of the molecule is Nc1ncnc2c1ncn2[C@H]1O[C@H](COP(=O)([O-])O)[C@@H](O)[C@H]1O. The van der Waals surface area contributed by atoms with Gasteiger partial charge < -0.3 is 35.0 Å². The van der Waals surface area contributed by atoms with E-state index in [0.29, 0.717) is 0 Å². The zero-order valence-corrected chi connectivity index (χ0v) is 12.4. The number of anilines is 1. The molecule has 1 aliphatic rings. The van der Waals surface area contributed by atoms with Crippen LogP contribution in [0.1, 0.15) is 6.23 Å². The van der Waals surface area contributed by atoms with Gasteiger partial charge in [-0.25, -0.2) is 15.0 Å². The summed E-state index contributed by atoms with van der Waals surface area (Å²) < 4.78 is 21.5. The van der Waals surface area contributed by atoms with Crippen LogP contribution in [0.3, 0.4) is 0 Å². The minimum Gasteiger partial charge on any atom is -0.756 e. The molecule has 13 heteroatoms. The number of rotatable bonds is 4. The number of fused-ring (bicyclic) bond motifs is 1. The molecule has 1 unspecified atom stereocenters. The highest BCUT2D eigenvalue weighted by atomic mass is 31.2. The highest BCUT2D eigenvalue weighted by Crippen LogP contribution is 2.36. The monoisotopic (exact) mass is 346 g/mol. The van der Waals surface area contributed by atoms with Crippen molar-refractivity contribution in [2.45, 2.75) is 24.5 Å². The predicted octanol–water partition coefficient (Wildman–Crippen LogP) is -2.49. The maximum Gasteiger partial charge on any atom is 0.265 e. The molecule has 0 spiro atoms. The standard InChI is InChI=1S/C10H14N5O7P/c11-8-5-9(13-2-12-8)15(3-14-5)10-7(17)6(16)4(22-10)1-21-23(18,19)20/h2-4,6-7,10,16-17H,1H2,(H2,11,12,13)(H2,18,19,20)/p-1/t4-,6-,7-,10+/m1/s1. The number of aliphatic hydroxyl groups is 2. The molecule has 0 amide bonds. The van der Waals surface area contributed by atoms with Crippen LogP contribution in [0.5, 0.6) is 0 Å². The van der Waals surface area contributed by atoms with Crippen molar-refractivity contribution in [3.05, 3.63) is 12.7 Å². The van der Waals surface area contributed by atoms with Crippen LogP contribution in [0, 0.1) is 0 Å². The van der Waals surface area contributed by atoms with Crippen LogP contribution >= 0.6 is 7.82 Å². The fourth-order valence-electron chi connectivity index (χ4n) is 2.32. The molecule has 2 aromatic heterocycles. The molecule has 3 heterocycles. The van der Waals surface area contributed by atoms with Crippen molar-refractivity contribution >= 4 is 24.8 Å². The van der Waals surface area contributed by atoms with Crippen LogP contribution in [0.4, 0.5) is 5.82 Å². The summed E-state index contributed by atoms with van der Waals surface area (Å²) in [6, 6.07) is 0. The van der Waals surface area contributed by atoms with Gasteiger partial charge in [0, 0.05) is 0 Å². The highest BCUT2D eigenvalue weighted by Gasteiger charge is 2.44. The number of nitrogens with zero attached hydrogens (tertiary/aromatic N) is 4. The number of phosphoric ester groups is 1. The van der Waals surface area contributed by atoms with E-state index >= 15 is 0 Å². The molecule has 1 fully saturated rings. The quantitative estimate of drug-likeness (QED) is 0.428. The summed E-state index contributed by atoms with van der Waals surface area (Å²) in [5.74, 6) is 0.134. The molecule has 2 aromatic rings. The fraction of sp³-hybridized carbons (Fsp3) is 0.500. The lowest BCUT2D eigenvalue weighted by molar-refractivity contribution is -0.222. The summed E-state index contributed by atoms with van der Waals surface area (Å²) in [7, 11) is -4.97. The van der Waals surface area contributed by atoms with Crippen LogP contribution in [0.25, 0.3) is 11.2 Å². The van der Waals surface area contributed by atoms with Gasteiger partial charge in [0.05, 0.1) is 12.9 Å². The summed E-state index contributed by atoms with van der Waals surface area (Å²) in [4.78, 5) is 31.0. The molecule has 5 N–H and O–H groups in total. The molecule has 0 saturated carbocycles. The van der Waals surface area contributed by atoms with E-state index in [1.54, 1.807) is 0 Å². The average molecular weight is 346 g/mol. The summed E-state index contributed by atoms with van der Waals surface area (Å²) in [6.45, 7) is -0.657. The molecule has 0 radical (unpaired) electrons. The van der Waals surface area contributed by atoms with Gasteiger partial charge in [-0.05, 0) is 0 Å². The van der Waals surface area contributed by atoms with Crippen LogP contribution in [0.15, 0.2) is 12.7 Å². The number of aromatic nitrogens is 4. The maximum absolute atomic E-state index is 10.6. The number of aliphatic hydroxyl groups excluding tert-OH is 2. The number of imidazole rings is 1. The largest absolute Gasteiger partial charge is 0.756 e. The second-order valence-corrected chi connectivity index (χ2v) is 6.09. The Balaban J connectivity index is 1.85. The number of hydrogen-bond acceptors (Lipinski definition) is 10. The number of hydrogen-bond donors (Lipinski definition) is 4. The van der Waals surface area contributed by atoms with E-state index in [-0.39, 0.29) is 17.0 Å². The van der Waals surface area contributed by atoms with Crippen LogP contribution in [-0.2, 0) is 13.8 Å². The van der Waals surface area contributed by atoms with Crippen molar-refractivity contribution in [2.24, 2.45) is 0 Å². The molecule has 1 aliphatic heterocycles. The molecular formula is C10H13N5O7P-. The smallest absolute Gasteiger partial charge is 0.265 e. The molecule has 126 valence electrons. The van der Waals surface area contributed by atoms with Gasteiger partial charge >= 0.3 is 0 Å². The van der Waals surface area contributed by atoms with Crippen LogP contribution < -0.4 is 10.6 Å². The number of phosphoric acid groups is 1. The van der Waals surface area contributed by atoms with Crippen molar-refractivity contribution in [3.8, 4) is 0 Å². The molecule has 23 heavy (non-hydrogen) atoms. The Hall–Kier alpha value is -1.66. The topological polar surface area (TPSA) is 189 Å². The first-order chi connectivity index (χ1) is 10.8. The average Bonchev–Trinajstić information content (AvgIpc) is 3.01. The second-order valence-electron chi connectivity index (χ2n) is 4.89. The van der Waals surface area contributed by atoms with E-state index in [0.717, 1.165) is 0 Å². The van der Waals surface area contributed by atoms with Crippen LogP contribution in [-0.4, -0.2) is 59.5 Å². The predicted molar refractivity (Wildman–Crippen MR) is 71.4 cm³/mol. The number of nitrogens with two attached hydrogens (primary N) is 1. The van der Waals surface area contributed by atoms with Gasteiger partial charge in [-0.3, -0.25) is 9.13 Å². The van der Waals surface area contributed by atoms with Crippen molar-refractivity contribution in [3.63, 3.8) is 0 Å². The van der Waals surface area contributed by atoms with Gasteiger partial charge in [-0.15, -0.1) is 0 Å². The van der Waals surface area contributed by atoms with Crippen molar-refractivity contribution in [2.75, 3.05) is 12.3 Å². The van der Waals surface area contributed by atoms with E-state index in [2.05, 4.69) is 19.5 Å². The Kier molecular flexibility index (Phi) is 4.06. The van der Waals surface area contributed by atoms with Gasteiger partial charge in [-0.1, -0.05) is 0 Å². The van der Waals surface area contributed by atoms with E-state index in [4.69, 9.17) is 15.4 Å². The lowest BCUT2D eigenvalue weighted by Gasteiger charge is -2.20. The molecule has 0 aliphatic carbocycles. The van der Waals surface area contributed by atoms with Gasteiger partial charge in [-0.2, -0.15) is 0 Å².